The highest BCUT2D eigenvalue weighted by Crippen LogP contribution is 2.44. The van der Waals surface area contributed by atoms with E-state index < -0.39 is 14.1 Å². The first-order valence-electron chi connectivity index (χ1n) is 12.4. The molecule has 2 N–H and O–H groups in total. The summed E-state index contributed by atoms with van der Waals surface area (Å²) in [6, 6.07) is 27.9. The van der Waals surface area contributed by atoms with Gasteiger partial charge in [0.2, 0.25) is 0 Å². The highest BCUT2D eigenvalue weighted by atomic mass is 31.2. The van der Waals surface area contributed by atoms with Gasteiger partial charge in [-0.05, 0) is 46.4 Å². The zero-order valence-corrected chi connectivity index (χ0v) is 23.6. The smallest absolute Gasteiger partial charge is 0.253 e. The number of nitrogens with two attached hydrogens (primary N) is 1. The number of methoxy groups -OCH3 is 2. The second-order valence-corrected chi connectivity index (χ2v) is 10.8. The minimum atomic E-state index is -1.68. The van der Waals surface area contributed by atoms with Crippen LogP contribution in [0.4, 0.5) is 0 Å². The minimum absolute atomic E-state index is 0.224. The van der Waals surface area contributed by atoms with Crippen LogP contribution in [0.1, 0.15) is 43.9 Å². The fourth-order valence-corrected chi connectivity index (χ4v) is 5.01. The Labute approximate surface area is 227 Å². The summed E-state index contributed by atoms with van der Waals surface area (Å²) in [7, 11) is 1.61. The van der Waals surface area contributed by atoms with Gasteiger partial charge in [0.25, 0.3) is 8.53 Å². The number of nitrogens with zero attached hydrogens (tertiary/aromatic N) is 1. The first-order chi connectivity index (χ1) is 18.2. The fraction of sp³-hybridized carbons (Fsp3) is 0.367. The van der Waals surface area contributed by atoms with Crippen LogP contribution in [0.5, 0.6) is 11.5 Å². The molecule has 0 aliphatic carbocycles. The molecule has 0 aliphatic rings. The molecule has 3 rings (SSSR count). The molecule has 3 aromatic rings. The average Bonchev–Trinajstić information content (AvgIpc) is 2.93. The summed E-state index contributed by atoms with van der Waals surface area (Å²) in [4.78, 5) is 0. The van der Waals surface area contributed by atoms with Gasteiger partial charge in [-0.1, -0.05) is 75.4 Å². The number of benzene rings is 3. The van der Waals surface area contributed by atoms with Gasteiger partial charge < -0.3 is 23.3 Å². The summed E-state index contributed by atoms with van der Waals surface area (Å²) in [5.41, 5.74) is 7.73. The van der Waals surface area contributed by atoms with Crippen molar-refractivity contribution in [3.05, 3.63) is 95.6 Å². The molecule has 0 aliphatic heterocycles. The Balaban J connectivity index is 2.09. The Bertz CT molecular complexity index is 1110. The lowest BCUT2D eigenvalue weighted by atomic mass is 9.79. The highest BCUT2D eigenvalue weighted by Gasteiger charge is 2.40. The number of nitriles is 1. The van der Waals surface area contributed by atoms with Crippen LogP contribution in [0.2, 0.25) is 0 Å². The van der Waals surface area contributed by atoms with Crippen molar-refractivity contribution >= 4 is 8.53 Å². The normalized spacial score (nSPS) is 13.4. The molecule has 7 nitrogen and oxygen atoms in total. The molecule has 0 heterocycles. The van der Waals surface area contributed by atoms with Gasteiger partial charge in [0.1, 0.15) is 17.1 Å². The van der Waals surface area contributed by atoms with E-state index in [0.29, 0.717) is 0 Å². The maximum atomic E-state index is 8.81. The van der Waals surface area contributed by atoms with Crippen LogP contribution < -0.4 is 15.0 Å². The second-order valence-electron chi connectivity index (χ2n) is 9.80. The van der Waals surface area contributed by atoms with E-state index in [1.165, 1.54) is 0 Å². The van der Waals surface area contributed by atoms with E-state index in [9.17, 15) is 0 Å². The third kappa shape index (κ3) is 7.32. The molecule has 8 heteroatoms. The van der Waals surface area contributed by atoms with Crippen molar-refractivity contribution < 1.29 is 23.3 Å². The van der Waals surface area contributed by atoms with Gasteiger partial charge in [-0.2, -0.15) is 5.26 Å². The molecule has 0 amide bonds. The number of rotatable bonds is 13. The molecule has 3 aromatic carbocycles. The first-order valence-corrected chi connectivity index (χ1v) is 13.7. The van der Waals surface area contributed by atoms with Crippen LogP contribution in [0.15, 0.2) is 78.9 Å². The van der Waals surface area contributed by atoms with Gasteiger partial charge in [-0.3, -0.25) is 5.50 Å². The predicted molar refractivity (Wildman–Crippen MR) is 150 cm³/mol. The Morgan fingerprint density at radius 1 is 0.816 bits per heavy atom. The van der Waals surface area contributed by atoms with Gasteiger partial charge in [0.15, 0.2) is 0 Å². The predicted octanol–water partition coefficient (Wildman–Crippen LogP) is 6.56. The molecule has 2 unspecified atom stereocenters. The van der Waals surface area contributed by atoms with Crippen molar-refractivity contribution in [1.82, 2.24) is 0 Å². The van der Waals surface area contributed by atoms with Crippen LogP contribution in [-0.4, -0.2) is 33.5 Å². The number of ether oxygens (including phenoxy) is 3. The average molecular weight is 537 g/mol. The van der Waals surface area contributed by atoms with Gasteiger partial charge in [-0.15, -0.1) is 0 Å². The van der Waals surface area contributed by atoms with Crippen LogP contribution in [0.3, 0.4) is 0 Å². The summed E-state index contributed by atoms with van der Waals surface area (Å²) < 4.78 is 29.6. The Morgan fingerprint density at radius 3 is 1.76 bits per heavy atom. The van der Waals surface area contributed by atoms with Gasteiger partial charge in [0, 0.05) is 0 Å². The molecule has 38 heavy (non-hydrogen) atoms. The van der Waals surface area contributed by atoms with Crippen LogP contribution >= 0.6 is 8.53 Å². The van der Waals surface area contributed by atoms with Gasteiger partial charge in [-0.25, -0.2) is 0 Å². The highest BCUT2D eigenvalue weighted by molar-refractivity contribution is 7.44. The summed E-state index contributed by atoms with van der Waals surface area (Å²) in [5.74, 6) is 1.51. The Kier molecular flexibility index (Phi) is 10.7. The standard InChI is InChI=1S/C30H37N2O5P/c1-29(2,3)28(37-38(32)36-21-9-20-31)22-35-30(23-10-7-6-8-11-23,24-12-16-26(33-4)17-13-24)25-14-18-27(34-5)19-15-25/h6-8,10-19,28H,9,21-22,32H2,1-5H3. The molecule has 0 saturated heterocycles. The van der Waals surface area contributed by atoms with Crippen molar-refractivity contribution in [3.8, 4) is 17.6 Å². The Morgan fingerprint density at radius 2 is 1.32 bits per heavy atom. The van der Waals surface area contributed by atoms with Crippen molar-refractivity contribution in [2.24, 2.45) is 10.9 Å². The number of hydrogen-bond donors (Lipinski definition) is 1. The van der Waals surface area contributed by atoms with Crippen molar-refractivity contribution in [1.29, 1.82) is 5.26 Å². The summed E-state index contributed by atoms with van der Waals surface area (Å²) in [6.45, 7) is 6.68. The van der Waals surface area contributed by atoms with Gasteiger partial charge in [0.05, 0.1) is 46.0 Å². The Hall–Kier alpha value is -2.98. The number of hydrogen-bond acceptors (Lipinski definition) is 7. The lowest BCUT2D eigenvalue weighted by molar-refractivity contribution is -0.0610. The molecular formula is C30H37N2O5P. The second kappa shape index (κ2) is 13.7. The molecule has 0 saturated carbocycles. The molecule has 0 bridgehead atoms. The summed E-state index contributed by atoms with van der Waals surface area (Å²) in [6.07, 6.45) is -0.137. The first kappa shape index (κ1) is 29.6. The zero-order chi connectivity index (χ0) is 27.6. The van der Waals surface area contributed by atoms with E-state index in [-0.39, 0.29) is 31.2 Å². The fourth-order valence-electron chi connectivity index (χ4n) is 4.05. The van der Waals surface area contributed by atoms with E-state index in [1.807, 2.05) is 66.7 Å². The summed E-state index contributed by atoms with van der Waals surface area (Å²) >= 11 is 0. The zero-order valence-electron chi connectivity index (χ0n) is 22.7. The monoisotopic (exact) mass is 536 g/mol. The minimum Gasteiger partial charge on any atom is -0.497 e. The van der Waals surface area contributed by atoms with Crippen molar-refractivity contribution in [3.63, 3.8) is 0 Å². The third-order valence-corrected chi connectivity index (χ3v) is 7.15. The van der Waals surface area contributed by atoms with E-state index in [4.69, 9.17) is 34.0 Å². The molecule has 2 atom stereocenters. The lowest BCUT2D eigenvalue weighted by Crippen LogP contribution is -2.40. The van der Waals surface area contributed by atoms with E-state index in [2.05, 4.69) is 39.0 Å². The molecule has 0 aromatic heterocycles. The maximum Gasteiger partial charge on any atom is 0.253 e. The van der Waals surface area contributed by atoms with Crippen LogP contribution in [0.25, 0.3) is 0 Å². The molecule has 202 valence electrons. The molecule has 0 radical (unpaired) electrons. The van der Waals surface area contributed by atoms with E-state index in [0.717, 1.165) is 28.2 Å². The maximum absolute atomic E-state index is 8.81. The quantitative estimate of drug-likeness (QED) is 0.150. The molecule has 0 fully saturated rings. The van der Waals surface area contributed by atoms with E-state index in [1.54, 1.807) is 14.2 Å². The SMILES string of the molecule is COc1ccc(C(OCC(OP(N)OCCC#N)C(C)(C)C)(c2ccccc2)c2ccc(OC)cc2)cc1. The van der Waals surface area contributed by atoms with Crippen LogP contribution in [0, 0.1) is 16.7 Å². The summed E-state index contributed by atoms with van der Waals surface area (Å²) in [5, 5.41) is 8.81. The van der Waals surface area contributed by atoms with Crippen LogP contribution in [-0.2, 0) is 19.4 Å². The van der Waals surface area contributed by atoms with Crippen molar-refractivity contribution in [2.45, 2.75) is 38.9 Å². The van der Waals surface area contributed by atoms with Crippen molar-refractivity contribution in [2.75, 3.05) is 27.4 Å². The lowest BCUT2D eigenvalue weighted by Gasteiger charge is -2.39. The van der Waals surface area contributed by atoms with E-state index >= 15 is 0 Å². The third-order valence-electron chi connectivity index (χ3n) is 6.25. The molecule has 0 spiro atoms. The molecular weight excluding hydrogens is 499 g/mol. The largest absolute Gasteiger partial charge is 0.497 e. The van der Waals surface area contributed by atoms with Gasteiger partial charge >= 0.3 is 0 Å². The topological polar surface area (TPSA) is 96.0 Å².